The van der Waals surface area contributed by atoms with Gasteiger partial charge in [0.1, 0.15) is 22.7 Å². The Labute approximate surface area is 196 Å². The first-order chi connectivity index (χ1) is 16.3. The van der Waals surface area contributed by atoms with Crippen LogP contribution in [0.25, 0.3) is 16.9 Å². The second kappa shape index (κ2) is 8.65. The number of hydrogen-bond acceptors (Lipinski definition) is 7. The van der Waals surface area contributed by atoms with E-state index in [-0.39, 0.29) is 23.1 Å². The molecule has 4 heterocycles. The highest BCUT2D eigenvalue weighted by atomic mass is 32.2. The summed E-state index contributed by atoms with van der Waals surface area (Å²) in [5.74, 6) is 0.226. The number of para-hydroxylation sites is 2. The fourth-order valence-corrected chi connectivity index (χ4v) is 6.15. The first-order valence-corrected chi connectivity index (χ1v) is 12.4. The summed E-state index contributed by atoms with van der Waals surface area (Å²) < 4.78 is 34.5. The summed E-state index contributed by atoms with van der Waals surface area (Å²) in [5, 5.41) is 6.63. The molecule has 1 amide bonds. The van der Waals surface area contributed by atoms with Gasteiger partial charge in [0.25, 0.3) is 0 Å². The third kappa shape index (κ3) is 3.97. The maximum absolute atomic E-state index is 13.1. The van der Waals surface area contributed by atoms with Gasteiger partial charge < -0.3 is 9.84 Å². The Balaban J connectivity index is 1.29. The highest BCUT2D eigenvalue weighted by molar-refractivity contribution is 7.89. The first kappa shape index (κ1) is 22.2. The predicted octanol–water partition coefficient (Wildman–Crippen LogP) is 3.06. The number of pyridine rings is 1. The summed E-state index contributed by atoms with van der Waals surface area (Å²) in [5.41, 5.74) is 2.67. The average Bonchev–Trinajstić information content (AvgIpc) is 3.42. The van der Waals surface area contributed by atoms with Crippen molar-refractivity contribution in [1.29, 1.82) is 0 Å². The van der Waals surface area contributed by atoms with Gasteiger partial charge in [0.05, 0.1) is 28.8 Å². The number of aryl methyl sites for hydroxylation is 2. The molecule has 0 bridgehead atoms. The number of amides is 1. The lowest BCUT2D eigenvalue weighted by molar-refractivity contribution is -0.120. The first-order valence-electron chi connectivity index (χ1n) is 11.0. The van der Waals surface area contributed by atoms with E-state index in [9.17, 15) is 13.2 Å². The molecule has 10 nitrogen and oxygen atoms in total. The van der Waals surface area contributed by atoms with Crippen molar-refractivity contribution in [2.75, 3.05) is 18.4 Å². The molecule has 34 heavy (non-hydrogen) atoms. The number of nitrogens with one attached hydrogen (secondary N) is 1. The largest absolute Gasteiger partial charge is 0.360 e. The van der Waals surface area contributed by atoms with Gasteiger partial charge >= 0.3 is 0 Å². The van der Waals surface area contributed by atoms with E-state index in [0.717, 1.165) is 11.0 Å². The van der Waals surface area contributed by atoms with Crippen molar-refractivity contribution in [3.8, 4) is 5.82 Å². The van der Waals surface area contributed by atoms with Crippen LogP contribution in [0.2, 0.25) is 0 Å². The number of nitrogens with zero attached hydrogens (tertiary/aromatic N) is 5. The number of rotatable bonds is 5. The van der Waals surface area contributed by atoms with Crippen molar-refractivity contribution in [3.05, 3.63) is 60.4 Å². The van der Waals surface area contributed by atoms with Crippen LogP contribution in [-0.2, 0) is 14.8 Å². The molecule has 1 saturated heterocycles. The predicted molar refractivity (Wildman–Crippen MR) is 125 cm³/mol. The van der Waals surface area contributed by atoms with E-state index in [0.29, 0.717) is 36.6 Å². The molecule has 5 rings (SSSR count). The maximum atomic E-state index is 13.1. The Bertz CT molecular complexity index is 1440. The summed E-state index contributed by atoms with van der Waals surface area (Å²) in [4.78, 5) is 21.9. The summed E-state index contributed by atoms with van der Waals surface area (Å²) in [6.07, 6.45) is 4.49. The van der Waals surface area contributed by atoms with E-state index in [1.807, 2.05) is 28.8 Å². The molecule has 1 atom stereocenters. The summed E-state index contributed by atoms with van der Waals surface area (Å²) >= 11 is 0. The van der Waals surface area contributed by atoms with Crippen molar-refractivity contribution in [2.45, 2.75) is 31.6 Å². The number of fused-ring (bicyclic) bond motifs is 1. The highest BCUT2D eigenvalue weighted by Gasteiger charge is 2.36. The SMILES string of the molecule is Cc1noc(C)c1S(=O)(=O)N1CCCC(C(=O)Nc2ccc(-n3cnc4ccccc43)nc2)C1. The van der Waals surface area contributed by atoms with Crippen LogP contribution < -0.4 is 5.32 Å². The molecular formula is C23H24N6O4S. The average molecular weight is 481 g/mol. The number of imidazole rings is 1. The molecule has 1 unspecified atom stereocenters. The van der Waals surface area contributed by atoms with E-state index in [1.165, 1.54) is 4.31 Å². The lowest BCUT2D eigenvalue weighted by Crippen LogP contribution is -2.43. The Morgan fingerprint density at radius 3 is 2.71 bits per heavy atom. The molecule has 0 spiro atoms. The number of aromatic nitrogens is 4. The van der Waals surface area contributed by atoms with E-state index < -0.39 is 15.9 Å². The van der Waals surface area contributed by atoms with Gasteiger partial charge in [0, 0.05) is 13.1 Å². The number of carbonyl (C=O) groups is 1. The van der Waals surface area contributed by atoms with Gasteiger partial charge in [-0.2, -0.15) is 4.31 Å². The van der Waals surface area contributed by atoms with Crippen molar-refractivity contribution in [2.24, 2.45) is 5.92 Å². The second-order valence-corrected chi connectivity index (χ2v) is 10.2. The number of piperidine rings is 1. The molecule has 3 aromatic heterocycles. The number of carbonyl (C=O) groups excluding carboxylic acids is 1. The molecule has 1 aliphatic heterocycles. The van der Waals surface area contributed by atoms with E-state index >= 15 is 0 Å². The minimum absolute atomic E-state index is 0.0837. The summed E-state index contributed by atoms with van der Waals surface area (Å²) in [6, 6.07) is 11.3. The van der Waals surface area contributed by atoms with Crippen LogP contribution in [0.3, 0.4) is 0 Å². The van der Waals surface area contributed by atoms with E-state index in [2.05, 4.69) is 20.4 Å². The van der Waals surface area contributed by atoms with Crippen molar-refractivity contribution < 1.29 is 17.7 Å². The molecule has 0 aliphatic carbocycles. The number of sulfonamides is 1. The zero-order valence-electron chi connectivity index (χ0n) is 18.8. The van der Waals surface area contributed by atoms with Gasteiger partial charge in [-0.3, -0.25) is 9.36 Å². The van der Waals surface area contributed by atoms with Crippen LogP contribution in [0, 0.1) is 19.8 Å². The fraction of sp³-hybridized carbons (Fsp3) is 0.304. The Hall–Kier alpha value is -3.57. The molecular weight excluding hydrogens is 456 g/mol. The number of hydrogen-bond donors (Lipinski definition) is 1. The number of benzene rings is 1. The fourth-order valence-electron chi connectivity index (χ4n) is 4.34. The van der Waals surface area contributed by atoms with Crippen LogP contribution in [0.5, 0.6) is 0 Å². The maximum Gasteiger partial charge on any atom is 0.248 e. The molecule has 176 valence electrons. The molecule has 0 radical (unpaired) electrons. The molecule has 1 aromatic carbocycles. The number of anilines is 1. The topological polar surface area (TPSA) is 123 Å². The van der Waals surface area contributed by atoms with Gasteiger partial charge in [-0.25, -0.2) is 18.4 Å². The van der Waals surface area contributed by atoms with E-state index in [1.54, 1.807) is 38.5 Å². The molecule has 11 heteroatoms. The quantitative estimate of drug-likeness (QED) is 0.466. The van der Waals surface area contributed by atoms with E-state index in [4.69, 9.17) is 4.52 Å². The van der Waals surface area contributed by atoms with Gasteiger partial charge in [-0.05, 0) is 51.0 Å². The van der Waals surface area contributed by atoms with Crippen molar-refractivity contribution in [3.63, 3.8) is 0 Å². The molecule has 1 N–H and O–H groups in total. The molecule has 1 aliphatic rings. The minimum Gasteiger partial charge on any atom is -0.360 e. The molecule has 0 saturated carbocycles. The zero-order chi connectivity index (χ0) is 23.9. The molecule has 4 aromatic rings. The Kier molecular flexibility index (Phi) is 5.66. The van der Waals surface area contributed by atoms with Crippen molar-refractivity contribution in [1.82, 2.24) is 24.0 Å². The summed E-state index contributed by atoms with van der Waals surface area (Å²) in [6.45, 7) is 3.63. The second-order valence-electron chi connectivity index (χ2n) is 8.35. The summed E-state index contributed by atoms with van der Waals surface area (Å²) in [7, 11) is -3.79. The van der Waals surface area contributed by atoms with Crippen LogP contribution >= 0.6 is 0 Å². The van der Waals surface area contributed by atoms with Gasteiger partial charge in [0.2, 0.25) is 15.9 Å². The minimum atomic E-state index is -3.79. The lowest BCUT2D eigenvalue weighted by atomic mass is 9.99. The van der Waals surface area contributed by atoms with Gasteiger partial charge in [-0.1, -0.05) is 17.3 Å². The standard InChI is InChI=1S/C23H24N6O4S/c1-15-22(16(2)33-27-15)34(31,32)28-11-5-6-17(13-28)23(30)26-18-9-10-21(24-12-18)29-14-25-19-7-3-4-8-20(19)29/h3-4,7-10,12,14,17H,5-6,11,13H2,1-2H3,(H,26,30). The lowest BCUT2D eigenvalue weighted by Gasteiger charge is -2.31. The Morgan fingerprint density at radius 1 is 1.15 bits per heavy atom. The van der Waals surface area contributed by atoms with Gasteiger partial charge in [0.15, 0.2) is 5.76 Å². The highest BCUT2D eigenvalue weighted by Crippen LogP contribution is 2.28. The van der Waals surface area contributed by atoms with Crippen molar-refractivity contribution >= 4 is 32.7 Å². The molecule has 1 fully saturated rings. The van der Waals surface area contributed by atoms with Crippen LogP contribution in [0.1, 0.15) is 24.3 Å². The Morgan fingerprint density at radius 2 is 1.97 bits per heavy atom. The monoisotopic (exact) mass is 480 g/mol. The third-order valence-corrected chi connectivity index (χ3v) is 8.15. The van der Waals surface area contributed by atoms with Crippen LogP contribution in [0.4, 0.5) is 5.69 Å². The van der Waals surface area contributed by atoms with Crippen LogP contribution in [0.15, 0.2) is 58.3 Å². The third-order valence-electron chi connectivity index (χ3n) is 6.04. The smallest absolute Gasteiger partial charge is 0.248 e. The zero-order valence-corrected chi connectivity index (χ0v) is 19.6. The van der Waals surface area contributed by atoms with Crippen LogP contribution in [-0.4, -0.2) is 51.4 Å². The normalized spacial score (nSPS) is 17.2. The van der Waals surface area contributed by atoms with Gasteiger partial charge in [-0.15, -0.1) is 0 Å².